The number of anilines is 1. The molecule has 0 atom stereocenters. The summed E-state index contributed by atoms with van der Waals surface area (Å²) in [5.74, 6) is -0.337. The predicted molar refractivity (Wildman–Crippen MR) is 106 cm³/mol. The standard InChI is InChI=1S/C19H21BrN2O3S/c20-16-11-8-12-17(21-19(23)15-9-4-3-5-10-15)18(16)26(24,25)22-13-6-1-2-7-14-22/h3-5,8-12H,1-2,6-7,13-14H2,(H,21,23). The van der Waals surface area contributed by atoms with Crippen LogP contribution in [-0.2, 0) is 10.0 Å². The van der Waals surface area contributed by atoms with Gasteiger partial charge in [-0.05, 0) is 53.0 Å². The van der Waals surface area contributed by atoms with Gasteiger partial charge in [-0.25, -0.2) is 8.42 Å². The molecule has 1 saturated heterocycles. The van der Waals surface area contributed by atoms with Gasteiger partial charge in [0, 0.05) is 23.1 Å². The molecule has 2 aromatic rings. The molecule has 1 heterocycles. The molecule has 3 rings (SSSR count). The van der Waals surface area contributed by atoms with Crippen LogP contribution in [0, 0.1) is 0 Å². The summed E-state index contributed by atoms with van der Waals surface area (Å²) in [7, 11) is -3.70. The highest BCUT2D eigenvalue weighted by Crippen LogP contribution is 2.33. The van der Waals surface area contributed by atoms with Crippen LogP contribution < -0.4 is 5.32 Å². The summed E-state index contributed by atoms with van der Waals surface area (Å²) in [5, 5.41) is 2.75. The summed E-state index contributed by atoms with van der Waals surface area (Å²) in [6.45, 7) is 1.02. The van der Waals surface area contributed by atoms with Crippen molar-refractivity contribution in [2.75, 3.05) is 18.4 Å². The third-order valence-electron chi connectivity index (χ3n) is 4.41. The van der Waals surface area contributed by atoms with Crippen molar-refractivity contribution in [3.05, 3.63) is 58.6 Å². The van der Waals surface area contributed by atoms with E-state index in [0.29, 0.717) is 23.1 Å². The molecule has 0 aliphatic carbocycles. The molecular formula is C19H21BrN2O3S. The predicted octanol–water partition coefficient (Wildman–Crippen LogP) is 4.27. The lowest BCUT2D eigenvalue weighted by Gasteiger charge is -2.22. The topological polar surface area (TPSA) is 66.5 Å². The smallest absolute Gasteiger partial charge is 0.255 e. The minimum Gasteiger partial charge on any atom is -0.321 e. The number of benzene rings is 2. The van der Waals surface area contributed by atoms with Crippen LogP contribution in [0.5, 0.6) is 0 Å². The van der Waals surface area contributed by atoms with Gasteiger partial charge < -0.3 is 5.32 Å². The fourth-order valence-electron chi connectivity index (χ4n) is 3.06. The highest BCUT2D eigenvalue weighted by molar-refractivity contribution is 9.10. The van der Waals surface area contributed by atoms with Crippen molar-refractivity contribution in [2.24, 2.45) is 0 Å². The first-order valence-corrected chi connectivity index (χ1v) is 10.9. The molecule has 1 amide bonds. The summed E-state index contributed by atoms with van der Waals surface area (Å²) < 4.78 is 28.5. The van der Waals surface area contributed by atoms with Crippen molar-refractivity contribution in [2.45, 2.75) is 30.6 Å². The van der Waals surface area contributed by atoms with E-state index < -0.39 is 10.0 Å². The van der Waals surface area contributed by atoms with Crippen molar-refractivity contribution >= 4 is 37.5 Å². The van der Waals surface area contributed by atoms with Gasteiger partial charge >= 0.3 is 0 Å². The minimum atomic E-state index is -3.70. The number of halogens is 1. The van der Waals surface area contributed by atoms with Crippen molar-refractivity contribution in [3.8, 4) is 0 Å². The molecule has 0 bridgehead atoms. The summed E-state index contributed by atoms with van der Waals surface area (Å²) in [6, 6.07) is 13.8. The second kappa shape index (κ2) is 8.33. The molecule has 5 nitrogen and oxygen atoms in total. The number of nitrogens with zero attached hydrogens (tertiary/aromatic N) is 1. The maximum absolute atomic E-state index is 13.2. The van der Waals surface area contributed by atoms with E-state index in [9.17, 15) is 13.2 Å². The number of hydrogen-bond donors (Lipinski definition) is 1. The lowest BCUT2D eigenvalue weighted by molar-refractivity contribution is 0.102. The van der Waals surface area contributed by atoms with Crippen LogP contribution >= 0.6 is 15.9 Å². The van der Waals surface area contributed by atoms with Crippen molar-refractivity contribution in [1.29, 1.82) is 0 Å². The number of amides is 1. The quantitative estimate of drug-likeness (QED) is 0.777. The largest absolute Gasteiger partial charge is 0.321 e. The molecule has 138 valence electrons. The van der Waals surface area contributed by atoms with Crippen LogP contribution in [0.2, 0.25) is 0 Å². The van der Waals surface area contributed by atoms with Crippen LogP contribution in [0.15, 0.2) is 57.9 Å². The van der Waals surface area contributed by atoms with Crippen molar-refractivity contribution in [1.82, 2.24) is 4.31 Å². The van der Waals surface area contributed by atoms with Gasteiger partial charge in [0.15, 0.2) is 0 Å². The van der Waals surface area contributed by atoms with Gasteiger partial charge in [-0.1, -0.05) is 37.1 Å². The molecular weight excluding hydrogens is 416 g/mol. The first kappa shape index (κ1) is 19.1. The van der Waals surface area contributed by atoms with E-state index in [1.807, 2.05) is 6.07 Å². The number of carbonyl (C=O) groups excluding carboxylic acids is 1. The average Bonchev–Trinajstić information content (AvgIpc) is 2.92. The molecule has 1 N–H and O–H groups in total. The zero-order chi connectivity index (χ0) is 18.6. The molecule has 0 spiro atoms. The third kappa shape index (κ3) is 4.16. The zero-order valence-corrected chi connectivity index (χ0v) is 16.7. The molecule has 0 radical (unpaired) electrons. The van der Waals surface area contributed by atoms with Crippen LogP contribution in [-0.4, -0.2) is 31.7 Å². The molecule has 2 aromatic carbocycles. The maximum atomic E-state index is 13.2. The Labute approximate surface area is 162 Å². The second-order valence-corrected chi connectivity index (χ2v) is 8.98. The van der Waals surface area contributed by atoms with Crippen LogP contribution in [0.4, 0.5) is 5.69 Å². The second-order valence-electron chi connectivity index (χ2n) is 6.25. The van der Waals surface area contributed by atoms with Gasteiger partial charge in [0.25, 0.3) is 5.91 Å². The first-order chi connectivity index (χ1) is 12.5. The van der Waals surface area contributed by atoms with Gasteiger partial charge in [0.05, 0.1) is 5.69 Å². The number of rotatable bonds is 4. The summed E-state index contributed by atoms with van der Waals surface area (Å²) in [4.78, 5) is 12.6. The molecule has 1 fully saturated rings. The number of nitrogens with one attached hydrogen (secondary N) is 1. The van der Waals surface area contributed by atoms with Crippen LogP contribution in [0.25, 0.3) is 0 Å². The molecule has 0 aromatic heterocycles. The van der Waals surface area contributed by atoms with E-state index in [1.165, 1.54) is 4.31 Å². The van der Waals surface area contributed by atoms with E-state index in [4.69, 9.17) is 0 Å². The zero-order valence-electron chi connectivity index (χ0n) is 14.3. The monoisotopic (exact) mass is 436 g/mol. The van der Waals surface area contributed by atoms with Gasteiger partial charge in [-0.15, -0.1) is 0 Å². The lowest BCUT2D eigenvalue weighted by atomic mass is 10.2. The van der Waals surface area contributed by atoms with E-state index in [2.05, 4.69) is 21.2 Å². The molecule has 26 heavy (non-hydrogen) atoms. The third-order valence-corrected chi connectivity index (χ3v) is 7.34. The molecule has 0 unspecified atom stereocenters. The summed E-state index contributed by atoms with van der Waals surface area (Å²) >= 11 is 3.36. The van der Waals surface area contributed by atoms with Gasteiger partial charge in [-0.2, -0.15) is 4.31 Å². The Morgan fingerprint density at radius 3 is 2.23 bits per heavy atom. The fraction of sp³-hybridized carbons (Fsp3) is 0.316. The normalized spacial score (nSPS) is 16.0. The molecule has 0 saturated carbocycles. The molecule has 1 aliphatic heterocycles. The highest BCUT2D eigenvalue weighted by atomic mass is 79.9. The fourth-order valence-corrected chi connectivity index (χ4v) is 5.75. The molecule has 7 heteroatoms. The first-order valence-electron chi connectivity index (χ1n) is 8.65. The van der Waals surface area contributed by atoms with Crippen molar-refractivity contribution in [3.63, 3.8) is 0 Å². The summed E-state index contributed by atoms with van der Waals surface area (Å²) in [5.41, 5.74) is 0.767. The van der Waals surface area contributed by atoms with E-state index in [1.54, 1.807) is 42.5 Å². The van der Waals surface area contributed by atoms with Gasteiger partial charge in [-0.3, -0.25) is 4.79 Å². The lowest BCUT2D eigenvalue weighted by Crippen LogP contribution is -2.33. The van der Waals surface area contributed by atoms with E-state index >= 15 is 0 Å². The number of hydrogen-bond acceptors (Lipinski definition) is 3. The SMILES string of the molecule is O=C(Nc1cccc(Br)c1S(=O)(=O)N1CCCCCC1)c1ccccc1. The Morgan fingerprint density at radius 2 is 1.58 bits per heavy atom. The van der Waals surface area contributed by atoms with Gasteiger partial charge in [0.2, 0.25) is 10.0 Å². The highest BCUT2D eigenvalue weighted by Gasteiger charge is 2.30. The van der Waals surface area contributed by atoms with E-state index in [0.717, 1.165) is 25.7 Å². The average molecular weight is 437 g/mol. The van der Waals surface area contributed by atoms with Crippen molar-refractivity contribution < 1.29 is 13.2 Å². The number of sulfonamides is 1. The number of carbonyl (C=O) groups is 1. The molecule has 1 aliphatic rings. The Hall–Kier alpha value is -1.70. The van der Waals surface area contributed by atoms with Gasteiger partial charge in [0.1, 0.15) is 4.90 Å². The minimum absolute atomic E-state index is 0.117. The maximum Gasteiger partial charge on any atom is 0.255 e. The Morgan fingerprint density at radius 1 is 0.923 bits per heavy atom. The van der Waals surface area contributed by atoms with Crippen LogP contribution in [0.1, 0.15) is 36.0 Å². The van der Waals surface area contributed by atoms with Crippen LogP contribution in [0.3, 0.4) is 0 Å². The van der Waals surface area contributed by atoms with E-state index in [-0.39, 0.29) is 16.5 Å². The Kier molecular flexibility index (Phi) is 6.11. The Balaban J connectivity index is 1.96. The Bertz CT molecular complexity index is 877. The summed E-state index contributed by atoms with van der Waals surface area (Å²) in [6.07, 6.45) is 3.80.